The van der Waals surface area contributed by atoms with Crippen LogP contribution < -0.4 is 10.5 Å². The summed E-state index contributed by atoms with van der Waals surface area (Å²) in [6.07, 6.45) is 3.78. The molecule has 0 bridgehead atoms. The molecular weight excluding hydrogens is 402 g/mol. The Hall–Kier alpha value is -3.19. The third-order valence-corrected chi connectivity index (χ3v) is 7.10. The second kappa shape index (κ2) is 7.17. The molecule has 0 saturated carbocycles. The molecule has 0 N–H and O–H groups in total. The highest BCUT2D eigenvalue weighted by molar-refractivity contribution is 5.84. The van der Waals surface area contributed by atoms with Crippen LogP contribution >= 0.6 is 0 Å². The van der Waals surface area contributed by atoms with E-state index in [-0.39, 0.29) is 5.63 Å². The Labute approximate surface area is 186 Å². The van der Waals surface area contributed by atoms with Crippen molar-refractivity contribution in [3.05, 3.63) is 58.5 Å². The Morgan fingerprint density at radius 1 is 1.03 bits per heavy atom. The highest BCUT2D eigenvalue weighted by Gasteiger charge is 2.39. The van der Waals surface area contributed by atoms with E-state index in [0.29, 0.717) is 16.8 Å². The summed E-state index contributed by atoms with van der Waals surface area (Å²) in [5.41, 5.74) is 4.97. The minimum Gasteiger partial charge on any atom is -0.422 e. The van der Waals surface area contributed by atoms with Gasteiger partial charge in [0, 0.05) is 55.7 Å². The van der Waals surface area contributed by atoms with Gasteiger partial charge in [0.05, 0.1) is 22.6 Å². The summed E-state index contributed by atoms with van der Waals surface area (Å²) in [6.45, 7) is 11.8. The lowest BCUT2D eigenvalue weighted by molar-refractivity contribution is 0.334. The number of aromatic nitrogens is 3. The van der Waals surface area contributed by atoms with Gasteiger partial charge >= 0.3 is 5.63 Å². The van der Waals surface area contributed by atoms with Crippen LogP contribution in [0.3, 0.4) is 0 Å². The van der Waals surface area contributed by atoms with Gasteiger partial charge in [-0.25, -0.2) is 9.78 Å². The smallest absolute Gasteiger partial charge is 0.345 e. The molecule has 2 saturated heterocycles. The molecule has 3 aromatic heterocycles. The van der Waals surface area contributed by atoms with Gasteiger partial charge in [-0.05, 0) is 50.4 Å². The number of hydrogen-bond donors (Lipinski definition) is 0. The number of rotatable bonds is 3. The van der Waals surface area contributed by atoms with Crippen LogP contribution in [0.1, 0.15) is 18.3 Å². The van der Waals surface area contributed by atoms with Crippen LogP contribution in [0.25, 0.3) is 27.9 Å². The third-order valence-electron chi connectivity index (χ3n) is 7.10. The van der Waals surface area contributed by atoms with Crippen LogP contribution in [0.4, 0.5) is 5.69 Å². The predicted molar refractivity (Wildman–Crippen MR) is 125 cm³/mol. The maximum Gasteiger partial charge on any atom is 0.345 e. The first-order chi connectivity index (χ1) is 15.5. The lowest BCUT2D eigenvalue weighted by Gasteiger charge is -2.22. The van der Waals surface area contributed by atoms with Crippen LogP contribution in [0, 0.1) is 25.7 Å². The average Bonchev–Trinajstić information content (AvgIpc) is 3.45. The molecule has 0 radical (unpaired) electrons. The quantitative estimate of drug-likeness (QED) is 0.465. The highest BCUT2D eigenvalue weighted by atomic mass is 16.4. The van der Waals surface area contributed by atoms with Gasteiger partial charge in [0.15, 0.2) is 5.65 Å². The fourth-order valence-corrected chi connectivity index (χ4v) is 5.47. The van der Waals surface area contributed by atoms with E-state index in [4.69, 9.17) is 4.42 Å². The largest absolute Gasteiger partial charge is 0.422 e. The summed E-state index contributed by atoms with van der Waals surface area (Å²) >= 11 is 0. The number of benzene rings is 1. The van der Waals surface area contributed by atoms with Crippen molar-refractivity contribution in [2.75, 3.05) is 37.6 Å². The average molecular weight is 430 g/mol. The number of fused-ring (bicyclic) bond motifs is 3. The summed E-state index contributed by atoms with van der Waals surface area (Å²) < 4.78 is 7.69. The molecule has 0 spiro atoms. The van der Waals surface area contributed by atoms with Crippen molar-refractivity contribution < 1.29 is 4.42 Å². The van der Waals surface area contributed by atoms with Crippen molar-refractivity contribution >= 4 is 22.3 Å². The second-order valence-electron chi connectivity index (χ2n) is 9.27. The van der Waals surface area contributed by atoms with Gasteiger partial charge in [-0.1, -0.05) is 6.92 Å². The van der Waals surface area contributed by atoms with Gasteiger partial charge in [0.1, 0.15) is 5.58 Å². The van der Waals surface area contributed by atoms with Gasteiger partial charge in [-0.15, -0.1) is 0 Å². The van der Waals surface area contributed by atoms with E-state index in [2.05, 4.69) is 38.8 Å². The molecule has 4 aromatic rings. The molecule has 0 aliphatic carbocycles. The summed E-state index contributed by atoms with van der Waals surface area (Å²) in [5, 5.41) is 0.906. The van der Waals surface area contributed by atoms with E-state index >= 15 is 0 Å². The second-order valence-corrected chi connectivity index (χ2v) is 9.27. The van der Waals surface area contributed by atoms with Crippen LogP contribution in [0.5, 0.6) is 0 Å². The summed E-state index contributed by atoms with van der Waals surface area (Å²) in [7, 11) is 0. The molecule has 164 valence electrons. The Morgan fingerprint density at radius 2 is 1.81 bits per heavy atom. The summed E-state index contributed by atoms with van der Waals surface area (Å²) in [5.74, 6) is 1.47. The molecule has 6 rings (SSSR count). The Balaban J connectivity index is 1.33. The van der Waals surface area contributed by atoms with E-state index in [1.807, 2.05) is 42.8 Å². The standard InChI is InChI=1S/C25H27N5O2/c1-4-28-10-18-12-29(13-19(18)11-28)20-6-5-17-7-21(25(31)32-23(17)8-20)22-14-30-9-15(2)26-16(3)24(30)27-22/h5-9,14,18-19H,4,10-13H2,1-3H3/t18-,19?/m0/s1. The lowest BCUT2D eigenvalue weighted by Crippen LogP contribution is -2.28. The number of nitrogens with zero attached hydrogens (tertiary/aromatic N) is 5. The Bertz CT molecular complexity index is 1390. The zero-order valence-corrected chi connectivity index (χ0v) is 18.7. The number of anilines is 1. The molecule has 0 amide bonds. The van der Waals surface area contributed by atoms with E-state index in [9.17, 15) is 4.79 Å². The van der Waals surface area contributed by atoms with Gasteiger partial charge in [-0.2, -0.15) is 0 Å². The maximum absolute atomic E-state index is 12.9. The first-order valence-electron chi connectivity index (χ1n) is 11.4. The molecule has 2 atom stereocenters. The van der Waals surface area contributed by atoms with E-state index in [0.717, 1.165) is 59.6 Å². The number of imidazole rings is 1. The molecule has 2 aliphatic heterocycles. The highest BCUT2D eigenvalue weighted by Crippen LogP contribution is 2.35. The molecule has 1 aromatic carbocycles. The van der Waals surface area contributed by atoms with Gasteiger partial charge < -0.3 is 18.6 Å². The molecule has 5 heterocycles. The van der Waals surface area contributed by atoms with Gasteiger partial charge in [0.25, 0.3) is 0 Å². The summed E-state index contributed by atoms with van der Waals surface area (Å²) in [6, 6.07) is 8.10. The molecule has 7 heteroatoms. The molecule has 2 fully saturated rings. The molecule has 32 heavy (non-hydrogen) atoms. The first kappa shape index (κ1) is 19.5. The SMILES string of the molecule is CCN1CC2CN(c3ccc4cc(-c5cn6cc(C)nc(C)c6n5)c(=O)oc4c3)C[C@@H]2C1. The van der Waals surface area contributed by atoms with Crippen molar-refractivity contribution in [2.45, 2.75) is 20.8 Å². The first-order valence-corrected chi connectivity index (χ1v) is 11.4. The maximum atomic E-state index is 12.9. The van der Waals surface area contributed by atoms with Crippen molar-refractivity contribution in [3.63, 3.8) is 0 Å². The fourth-order valence-electron chi connectivity index (χ4n) is 5.47. The predicted octanol–water partition coefficient (Wildman–Crippen LogP) is 3.51. The van der Waals surface area contributed by atoms with Crippen molar-refractivity contribution in [1.82, 2.24) is 19.3 Å². The monoisotopic (exact) mass is 429 g/mol. The number of likely N-dealkylation sites (tertiary alicyclic amines) is 1. The molecule has 1 unspecified atom stereocenters. The minimum atomic E-state index is -0.364. The fraction of sp³-hybridized carbons (Fsp3) is 0.400. The molecule has 7 nitrogen and oxygen atoms in total. The van der Waals surface area contributed by atoms with Crippen molar-refractivity contribution in [3.8, 4) is 11.3 Å². The summed E-state index contributed by atoms with van der Waals surface area (Å²) in [4.78, 5) is 27.0. The Kier molecular flexibility index (Phi) is 4.37. The van der Waals surface area contributed by atoms with Crippen molar-refractivity contribution in [2.24, 2.45) is 11.8 Å². The lowest BCUT2D eigenvalue weighted by atomic mass is 10.0. The number of hydrogen-bond acceptors (Lipinski definition) is 6. The Morgan fingerprint density at radius 3 is 2.56 bits per heavy atom. The third kappa shape index (κ3) is 3.11. The van der Waals surface area contributed by atoms with Crippen LogP contribution in [-0.4, -0.2) is 52.0 Å². The van der Waals surface area contributed by atoms with Crippen LogP contribution in [0.2, 0.25) is 0 Å². The van der Waals surface area contributed by atoms with Crippen molar-refractivity contribution in [1.29, 1.82) is 0 Å². The number of aryl methyl sites for hydroxylation is 2. The van der Waals surface area contributed by atoms with Gasteiger partial charge in [-0.3, -0.25) is 4.98 Å². The zero-order valence-electron chi connectivity index (χ0n) is 18.7. The van der Waals surface area contributed by atoms with E-state index in [1.54, 1.807) is 0 Å². The molecular formula is C25H27N5O2. The van der Waals surface area contributed by atoms with Gasteiger partial charge in [0.2, 0.25) is 0 Å². The van der Waals surface area contributed by atoms with Crippen LogP contribution in [0.15, 0.2) is 45.9 Å². The topological polar surface area (TPSA) is 66.9 Å². The van der Waals surface area contributed by atoms with E-state index < -0.39 is 0 Å². The minimum absolute atomic E-state index is 0.364. The normalized spacial score (nSPS) is 21.2. The zero-order chi connectivity index (χ0) is 22.0. The molecule has 2 aliphatic rings. The van der Waals surface area contributed by atoms with E-state index in [1.165, 1.54) is 13.1 Å². The van der Waals surface area contributed by atoms with Crippen LogP contribution in [-0.2, 0) is 0 Å².